The van der Waals surface area contributed by atoms with Crippen LogP contribution in [0.3, 0.4) is 0 Å². The van der Waals surface area contributed by atoms with Gasteiger partial charge in [0.25, 0.3) is 0 Å². The molecule has 0 N–H and O–H groups in total. The average molecular weight is 310 g/mol. The van der Waals surface area contributed by atoms with Crippen LogP contribution in [-0.2, 0) is 4.74 Å². The molecule has 0 heterocycles. The van der Waals surface area contributed by atoms with Crippen LogP contribution < -0.4 is 4.74 Å². The third kappa shape index (κ3) is 3.80. The standard InChI is InChI=1S/C20H22O3/c1-14-13-19(14)20(21)17-5-3-15(4-6-17)16-7-9-18(10-8-16)23-12-11-22-2/h3-10,14,19H,11-13H2,1-2H3/t14?,19-/m0/s1. The Balaban J connectivity index is 1.66. The van der Waals surface area contributed by atoms with Crippen LogP contribution in [0.4, 0.5) is 0 Å². The van der Waals surface area contributed by atoms with Crippen molar-refractivity contribution in [3.63, 3.8) is 0 Å². The quantitative estimate of drug-likeness (QED) is 0.567. The van der Waals surface area contributed by atoms with Crippen LogP contribution in [0.15, 0.2) is 48.5 Å². The summed E-state index contributed by atoms with van der Waals surface area (Å²) in [6.07, 6.45) is 1.03. The Bertz CT molecular complexity index is 658. The summed E-state index contributed by atoms with van der Waals surface area (Å²) in [5.41, 5.74) is 3.04. The smallest absolute Gasteiger partial charge is 0.166 e. The van der Waals surface area contributed by atoms with Crippen molar-refractivity contribution in [1.82, 2.24) is 0 Å². The van der Waals surface area contributed by atoms with Gasteiger partial charge in [0.1, 0.15) is 12.4 Å². The van der Waals surface area contributed by atoms with Crippen LogP contribution in [0.25, 0.3) is 11.1 Å². The molecule has 1 aliphatic rings. The molecule has 0 saturated heterocycles. The lowest BCUT2D eigenvalue weighted by Gasteiger charge is -2.07. The molecule has 2 aromatic carbocycles. The monoisotopic (exact) mass is 310 g/mol. The maximum absolute atomic E-state index is 12.2. The van der Waals surface area contributed by atoms with Crippen LogP contribution in [0.5, 0.6) is 5.75 Å². The van der Waals surface area contributed by atoms with E-state index in [0.717, 1.165) is 28.9 Å². The van der Waals surface area contributed by atoms with Crippen molar-refractivity contribution in [1.29, 1.82) is 0 Å². The second-order valence-corrected chi connectivity index (χ2v) is 6.13. The van der Waals surface area contributed by atoms with Gasteiger partial charge in [-0.15, -0.1) is 0 Å². The van der Waals surface area contributed by atoms with Gasteiger partial charge in [-0.3, -0.25) is 4.79 Å². The number of rotatable bonds is 7. The first-order valence-corrected chi connectivity index (χ1v) is 8.05. The number of ketones is 1. The highest BCUT2D eigenvalue weighted by Crippen LogP contribution is 2.40. The van der Waals surface area contributed by atoms with E-state index >= 15 is 0 Å². The molecular weight excluding hydrogens is 288 g/mol. The summed E-state index contributed by atoms with van der Waals surface area (Å²) in [7, 11) is 1.66. The summed E-state index contributed by atoms with van der Waals surface area (Å²) >= 11 is 0. The Morgan fingerprint density at radius 1 is 1.00 bits per heavy atom. The lowest BCUT2D eigenvalue weighted by Crippen LogP contribution is -2.04. The van der Waals surface area contributed by atoms with Crippen LogP contribution in [0.2, 0.25) is 0 Å². The Kier molecular flexibility index (Phi) is 4.77. The predicted molar refractivity (Wildman–Crippen MR) is 90.9 cm³/mol. The molecule has 0 amide bonds. The Morgan fingerprint density at radius 2 is 1.57 bits per heavy atom. The van der Waals surface area contributed by atoms with Crippen molar-refractivity contribution in [3.05, 3.63) is 54.1 Å². The maximum Gasteiger partial charge on any atom is 0.166 e. The topological polar surface area (TPSA) is 35.5 Å². The van der Waals surface area contributed by atoms with E-state index in [4.69, 9.17) is 9.47 Å². The van der Waals surface area contributed by atoms with Gasteiger partial charge in [-0.2, -0.15) is 0 Å². The van der Waals surface area contributed by atoms with Crippen molar-refractivity contribution in [2.45, 2.75) is 13.3 Å². The van der Waals surface area contributed by atoms with E-state index < -0.39 is 0 Å². The Morgan fingerprint density at radius 3 is 2.09 bits per heavy atom. The van der Waals surface area contributed by atoms with Gasteiger partial charge in [0.05, 0.1) is 6.61 Å². The summed E-state index contributed by atoms with van der Waals surface area (Å²) in [5, 5.41) is 0. The molecule has 0 aliphatic heterocycles. The molecule has 0 spiro atoms. The predicted octanol–water partition coefficient (Wildman–Crippen LogP) is 4.22. The number of carbonyl (C=O) groups excluding carboxylic acids is 1. The molecular formula is C20H22O3. The van der Waals surface area contributed by atoms with Crippen molar-refractivity contribution < 1.29 is 14.3 Å². The summed E-state index contributed by atoms with van der Waals surface area (Å²) in [6, 6.07) is 15.9. The summed E-state index contributed by atoms with van der Waals surface area (Å²) in [5.74, 6) is 1.91. The molecule has 0 aromatic heterocycles. The second-order valence-electron chi connectivity index (χ2n) is 6.13. The maximum atomic E-state index is 12.2. The number of hydrogen-bond acceptors (Lipinski definition) is 3. The largest absolute Gasteiger partial charge is 0.491 e. The fraction of sp³-hybridized carbons (Fsp3) is 0.350. The first-order valence-electron chi connectivity index (χ1n) is 8.05. The molecule has 1 unspecified atom stereocenters. The molecule has 3 heteroatoms. The molecule has 0 bridgehead atoms. The molecule has 120 valence electrons. The number of ether oxygens (including phenoxy) is 2. The number of hydrogen-bond donors (Lipinski definition) is 0. The van der Waals surface area contributed by atoms with Gasteiger partial charge in [-0.05, 0) is 35.6 Å². The van der Waals surface area contributed by atoms with E-state index in [0.29, 0.717) is 19.1 Å². The number of methoxy groups -OCH3 is 1. The normalized spacial score (nSPS) is 19.4. The minimum Gasteiger partial charge on any atom is -0.491 e. The Labute approximate surface area is 137 Å². The van der Waals surface area contributed by atoms with E-state index in [-0.39, 0.29) is 11.7 Å². The zero-order valence-electron chi connectivity index (χ0n) is 13.6. The van der Waals surface area contributed by atoms with Crippen molar-refractivity contribution in [3.8, 4) is 16.9 Å². The van der Waals surface area contributed by atoms with Crippen molar-refractivity contribution in [2.75, 3.05) is 20.3 Å². The summed E-state index contributed by atoms with van der Waals surface area (Å²) in [6.45, 7) is 3.26. The molecule has 23 heavy (non-hydrogen) atoms. The zero-order chi connectivity index (χ0) is 16.2. The average Bonchev–Trinajstić information content (AvgIpc) is 3.32. The molecule has 1 saturated carbocycles. The molecule has 3 nitrogen and oxygen atoms in total. The lowest BCUT2D eigenvalue weighted by atomic mass is 10.0. The van der Waals surface area contributed by atoms with E-state index in [2.05, 4.69) is 6.92 Å². The highest BCUT2D eigenvalue weighted by molar-refractivity contribution is 5.99. The van der Waals surface area contributed by atoms with E-state index in [1.54, 1.807) is 7.11 Å². The zero-order valence-corrected chi connectivity index (χ0v) is 13.6. The lowest BCUT2D eigenvalue weighted by molar-refractivity contribution is 0.0962. The van der Waals surface area contributed by atoms with Crippen LogP contribution >= 0.6 is 0 Å². The summed E-state index contributed by atoms with van der Waals surface area (Å²) < 4.78 is 10.5. The Hall–Kier alpha value is -2.13. The van der Waals surface area contributed by atoms with E-state index in [9.17, 15) is 4.79 Å². The molecule has 0 radical (unpaired) electrons. The van der Waals surface area contributed by atoms with E-state index in [1.807, 2.05) is 48.5 Å². The SMILES string of the molecule is COCCOc1ccc(-c2ccc(C(=O)[C@H]3CC3C)cc2)cc1. The number of carbonyl (C=O) groups is 1. The van der Waals surface area contributed by atoms with Gasteiger partial charge >= 0.3 is 0 Å². The molecule has 2 atom stereocenters. The van der Waals surface area contributed by atoms with Crippen molar-refractivity contribution in [2.24, 2.45) is 11.8 Å². The highest BCUT2D eigenvalue weighted by atomic mass is 16.5. The van der Waals surface area contributed by atoms with Crippen LogP contribution in [0.1, 0.15) is 23.7 Å². The fourth-order valence-corrected chi connectivity index (χ4v) is 2.71. The minimum absolute atomic E-state index is 0.240. The second kappa shape index (κ2) is 6.97. The fourth-order valence-electron chi connectivity index (χ4n) is 2.71. The highest BCUT2D eigenvalue weighted by Gasteiger charge is 2.39. The third-order valence-corrected chi connectivity index (χ3v) is 4.36. The first-order chi connectivity index (χ1) is 11.2. The number of Topliss-reactive ketones (excluding diaryl/α,β-unsaturated/α-hetero) is 1. The van der Waals surface area contributed by atoms with E-state index in [1.165, 1.54) is 0 Å². The minimum atomic E-state index is 0.240. The van der Waals surface area contributed by atoms with Gasteiger partial charge < -0.3 is 9.47 Å². The molecule has 3 rings (SSSR count). The van der Waals surface area contributed by atoms with Gasteiger partial charge in [-0.25, -0.2) is 0 Å². The number of benzene rings is 2. The van der Waals surface area contributed by atoms with Gasteiger partial charge in [0.2, 0.25) is 0 Å². The van der Waals surface area contributed by atoms with Gasteiger partial charge in [-0.1, -0.05) is 43.3 Å². The molecule has 1 aliphatic carbocycles. The third-order valence-electron chi connectivity index (χ3n) is 4.36. The molecule has 2 aromatic rings. The van der Waals surface area contributed by atoms with Crippen molar-refractivity contribution >= 4 is 5.78 Å². The van der Waals surface area contributed by atoms with Gasteiger partial charge in [0, 0.05) is 18.6 Å². The summed E-state index contributed by atoms with van der Waals surface area (Å²) in [4.78, 5) is 12.2. The molecule has 1 fully saturated rings. The van der Waals surface area contributed by atoms with Gasteiger partial charge in [0.15, 0.2) is 5.78 Å². The first kappa shape index (κ1) is 15.8. The van der Waals surface area contributed by atoms with Crippen LogP contribution in [0, 0.1) is 11.8 Å². The van der Waals surface area contributed by atoms with Crippen LogP contribution in [-0.4, -0.2) is 26.1 Å².